The van der Waals surface area contributed by atoms with E-state index in [1.54, 1.807) is 17.7 Å². The summed E-state index contributed by atoms with van der Waals surface area (Å²) in [6.07, 6.45) is 3.96. The number of aryl methyl sites for hydroxylation is 2. The van der Waals surface area contributed by atoms with Crippen LogP contribution in [-0.2, 0) is 11.3 Å². The van der Waals surface area contributed by atoms with Crippen molar-refractivity contribution in [2.45, 2.75) is 33.4 Å². The molecule has 1 amide bonds. The van der Waals surface area contributed by atoms with E-state index in [1.807, 2.05) is 106 Å². The van der Waals surface area contributed by atoms with Crippen LogP contribution in [0.15, 0.2) is 112 Å². The molecule has 0 aliphatic carbocycles. The van der Waals surface area contributed by atoms with E-state index in [0.717, 1.165) is 38.7 Å². The van der Waals surface area contributed by atoms with Gasteiger partial charge in [-0.05, 0) is 79.9 Å². The van der Waals surface area contributed by atoms with E-state index in [2.05, 4.69) is 16.0 Å². The number of halogens is 2. The van der Waals surface area contributed by atoms with Gasteiger partial charge >= 0.3 is 0 Å². The summed E-state index contributed by atoms with van der Waals surface area (Å²) in [5, 5.41) is 5.10. The molecule has 7 rings (SSSR count). The predicted octanol–water partition coefficient (Wildman–Crippen LogP) is 7.81. The highest BCUT2D eigenvalue weighted by Gasteiger charge is 2.33. The van der Waals surface area contributed by atoms with Gasteiger partial charge in [0, 0.05) is 34.9 Å². The van der Waals surface area contributed by atoms with Crippen LogP contribution >= 0.6 is 34.5 Å². The fourth-order valence-corrected chi connectivity index (χ4v) is 7.71. The van der Waals surface area contributed by atoms with Gasteiger partial charge in [-0.2, -0.15) is 0 Å². The number of amides is 1. The molecule has 49 heavy (non-hydrogen) atoms. The molecule has 1 atom stereocenters. The number of hydrogen-bond acceptors (Lipinski definition) is 5. The maximum absolute atomic E-state index is 14.4. The first kappa shape index (κ1) is 32.6. The van der Waals surface area contributed by atoms with Gasteiger partial charge in [-0.25, -0.2) is 4.99 Å². The zero-order valence-corrected chi connectivity index (χ0v) is 29.6. The highest BCUT2D eigenvalue weighted by molar-refractivity contribution is 7.07. The Labute approximate surface area is 297 Å². The van der Waals surface area contributed by atoms with E-state index in [1.165, 1.54) is 11.3 Å². The van der Waals surface area contributed by atoms with E-state index in [9.17, 15) is 9.59 Å². The minimum absolute atomic E-state index is 0.227. The maximum Gasteiger partial charge on any atom is 0.271 e. The Kier molecular flexibility index (Phi) is 8.79. The Balaban J connectivity index is 1.35. The molecule has 1 N–H and O–H groups in total. The molecule has 1 aliphatic heterocycles. The van der Waals surface area contributed by atoms with Crippen molar-refractivity contribution in [2.75, 3.05) is 12.4 Å². The number of ether oxygens (including phenoxy) is 1. The largest absolute Gasteiger partial charge is 0.497 e. The second-order valence-corrected chi connectivity index (χ2v) is 13.9. The quantitative estimate of drug-likeness (QED) is 0.184. The molecule has 0 spiro atoms. The van der Waals surface area contributed by atoms with Crippen molar-refractivity contribution in [3.63, 3.8) is 0 Å². The zero-order chi connectivity index (χ0) is 34.4. The van der Waals surface area contributed by atoms with Gasteiger partial charge in [0.15, 0.2) is 4.80 Å². The molecule has 0 unspecified atom stereocenters. The molecular weight excluding hydrogens is 675 g/mol. The molecule has 2 aromatic heterocycles. The molecule has 0 radical (unpaired) electrons. The van der Waals surface area contributed by atoms with Crippen molar-refractivity contribution in [2.24, 2.45) is 4.99 Å². The molecule has 6 aromatic rings. The number of nitrogens with zero attached hydrogens (tertiary/aromatic N) is 3. The minimum atomic E-state index is -0.703. The highest BCUT2D eigenvalue weighted by Crippen LogP contribution is 2.32. The monoisotopic (exact) mass is 706 g/mol. The van der Waals surface area contributed by atoms with Crippen LogP contribution in [0.2, 0.25) is 10.0 Å². The summed E-state index contributed by atoms with van der Waals surface area (Å²) >= 11 is 13.8. The number of nitrogens with one attached hydrogen (secondary N) is 1. The Hall–Kier alpha value is -4.89. The van der Waals surface area contributed by atoms with Gasteiger partial charge in [-0.15, -0.1) is 0 Å². The lowest BCUT2D eigenvalue weighted by Crippen LogP contribution is -2.40. The SMILES string of the molecule is COc1ccc([C@H]2C(C(=O)Nc3ccc(C)cc3C)=C(C)N=c3s/c(=C\c4cn(Cc5ccc(Cl)c(Cl)c5)c5ccccc45)c(=O)n32)cc1. The van der Waals surface area contributed by atoms with Crippen LogP contribution in [0.3, 0.4) is 0 Å². The van der Waals surface area contributed by atoms with Gasteiger partial charge in [0.1, 0.15) is 5.75 Å². The van der Waals surface area contributed by atoms with Crippen molar-refractivity contribution in [1.29, 1.82) is 0 Å². The van der Waals surface area contributed by atoms with Crippen molar-refractivity contribution in [3.05, 3.63) is 160 Å². The molecule has 0 bridgehead atoms. The van der Waals surface area contributed by atoms with E-state index in [4.69, 9.17) is 32.9 Å². The summed E-state index contributed by atoms with van der Waals surface area (Å²) < 4.78 is 9.69. The van der Waals surface area contributed by atoms with Gasteiger partial charge in [0.25, 0.3) is 11.5 Å². The number of thiazole rings is 1. The first-order valence-corrected chi connectivity index (χ1v) is 17.3. The van der Waals surface area contributed by atoms with Crippen LogP contribution in [0.4, 0.5) is 5.69 Å². The van der Waals surface area contributed by atoms with Crippen molar-refractivity contribution in [3.8, 4) is 5.75 Å². The van der Waals surface area contributed by atoms with Crippen molar-refractivity contribution in [1.82, 2.24) is 9.13 Å². The number of allylic oxidation sites excluding steroid dienone is 1. The second kappa shape index (κ2) is 13.2. The number of fused-ring (bicyclic) bond motifs is 2. The van der Waals surface area contributed by atoms with Crippen LogP contribution in [0.5, 0.6) is 5.75 Å². The Morgan fingerprint density at radius 1 is 0.980 bits per heavy atom. The molecule has 4 aromatic carbocycles. The number of rotatable bonds is 7. The molecule has 3 heterocycles. The average molecular weight is 708 g/mol. The number of benzene rings is 4. The summed E-state index contributed by atoms with van der Waals surface area (Å²) in [5.41, 5.74) is 7.17. The Morgan fingerprint density at radius 2 is 1.76 bits per heavy atom. The highest BCUT2D eigenvalue weighted by atomic mass is 35.5. The molecule has 246 valence electrons. The summed E-state index contributed by atoms with van der Waals surface area (Å²) in [5.74, 6) is 0.365. The van der Waals surface area contributed by atoms with Gasteiger partial charge in [-0.1, -0.05) is 88.6 Å². The standard InChI is InChI=1S/C39H32Cl2N4O3S/c1-22-9-16-32(23(2)17-22)43-37(46)35-24(3)42-39-45(36(35)26-11-13-28(48-4)14-12-26)38(47)34(49-39)19-27-21-44(33-8-6-5-7-29(27)33)20-25-10-15-30(40)31(41)18-25/h5-19,21,36H,20H2,1-4H3,(H,43,46)/b34-19-/t36-/m0/s1. The first-order chi connectivity index (χ1) is 23.6. The van der Waals surface area contributed by atoms with E-state index < -0.39 is 6.04 Å². The van der Waals surface area contributed by atoms with Gasteiger partial charge in [-0.3, -0.25) is 14.2 Å². The molecule has 1 aliphatic rings. The number of anilines is 1. The van der Waals surface area contributed by atoms with E-state index >= 15 is 0 Å². The molecule has 10 heteroatoms. The lowest BCUT2D eigenvalue weighted by molar-refractivity contribution is -0.113. The summed E-state index contributed by atoms with van der Waals surface area (Å²) in [4.78, 5) is 33.9. The second-order valence-electron chi connectivity index (χ2n) is 12.1. The number of carbonyl (C=O) groups is 1. The fourth-order valence-electron chi connectivity index (χ4n) is 6.35. The van der Waals surface area contributed by atoms with Gasteiger partial charge < -0.3 is 14.6 Å². The summed E-state index contributed by atoms with van der Waals surface area (Å²) in [7, 11) is 1.60. The summed E-state index contributed by atoms with van der Waals surface area (Å²) in [6, 6.07) is 26.3. The molecule has 7 nitrogen and oxygen atoms in total. The van der Waals surface area contributed by atoms with Crippen LogP contribution in [0.25, 0.3) is 17.0 Å². The Morgan fingerprint density at radius 3 is 2.49 bits per heavy atom. The van der Waals surface area contributed by atoms with Crippen LogP contribution in [0, 0.1) is 13.8 Å². The van der Waals surface area contributed by atoms with E-state index in [-0.39, 0.29) is 11.5 Å². The van der Waals surface area contributed by atoms with Gasteiger partial charge in [0.2, 0.25) is 0 Å². The first-order valence-electron chi connectivity index (χ1n) is 15.7. The fraction of sp³-hybridized carbons (Fsp3) is 0.154. The third-order valence-electron chi connectivity index (χ3n) is 8.77. The predicted molar refractivity (Wildman–Crippen MR) is 199 cm³/mol. The van der Waals surface area contributed by atoms with Crippen LogP contribution < -0.4 is 24.9 Å². The topological polar surface area (TPSA) is 77.6 Å². The van der Waals surface area contributed by atoms with E-state index in [0.29, 0.717) is 48.6 Å². The molecular formula is C39H32Cl2N4O3S. The molecule has 0 saturated carbocycles. The molecule has 0 saturated heterocycles. The number of aromatic nitrogens is 2. The third kappa shape index (κ3) is 6.23. The minimum Gasteiger partial charge on any atom is -0.497 e. The lowest BCUT2D eigenvalue weighted by Gasteiger charge is -2.25. The molecule has 0 fully saturated rings. The number of methoxy groups -OCH3 is 1. The summed E-state index contributed by atoms with van der Waals surface area (Å²) in [6.45, 7) is 6.36. The number of hydrogen-bond donors (Lipinski definition) is 1. The zero-order valence-electron chi connectivity index (χ0n) is 27.3. The number of para-hydroxylation sites is 1. The third-order valence-corrected chi connectivity index (χ3v) is 10.5. The average Bonchev–Trinajstić information content (AvgIpc) is 3.59. The maximum atomic E-state index is 14.4. The normalized spacial score (nSPS) is 14.6. The number of carbonyl (C=O) groups excluding carboxylic acids is 1. The lowest BCUT2D eigenvalue weighted by atomic mass is 9.95. The Bertz CT molecular complexity index is 2490. The smallest absolute Gasteiger partial charge is 0.271 e. The van der Waals surface area contributed by atoms with Crippen molar-refractivity contribution >= 4 is 63.1 Å². The van der Waals surface area contributed by atoms with Gasteiger partial charge in [0.05, 0.1) is 39.0 Å². The van der Waals surface area contributed by atoms with Crippen LogP contribution in [-0.4, -0.2) is 22.2 Å². The van der Waals surface area contributed by atoms with Crippen LogP contribution in [0.1, 0.15) is 40.8 Å². The van der Waals surface area contributed by atoms with Crippen molar-refractivity contribution < 1.29 is 9.53 Å².